The molecule has 2 saturated carbocycles. The van der Waals surface area contributed by atoms with Gasteiger partial charge in [0, 0.05) is 23.9 Å². The summed E-state index contributed by atoms with van der Waals surface area (Å²) in [4.78, 5) is 16.8. The lowest BCUT2D eigenvalue weighted by atomic mass is 9.80. The summed E-state index contributed by atoms with van der Waals surface area (Å²) in [6, 6.07) is 4.12. The maximum Gasteiger partial charge on any atom is 0.223 e. The molecule has 0 bridgehead atoms. The monoisotopic (exact) mass is 404 g/mol. The number of rotatable bonds is 5. The van der Waals surface area contributed by atoms with Crippen LogP contribution in [0.15, 0.2) is 17.5 Å². The van der Waals surface area contributed by atoms with Gasteiger partial charge in [-0.15, -0.1) is 11.3 Å². The molecule has 0 spiro atoms. The molecule has 1 aliphatic heterocycles. The molecule has 1 saturated heterocycles. The standard InChI is InChI=1S/C23H36N2O2S/c1-23(27)13-14-25(16-17-8-3-2-4-9-17)20(19-12-7-15-28-19)21(23)24-22(26)18-10-5-6-11-18/h7,12,15,17-18,20-21,27H,2-6,8-11,13-14,16H2,1H3,(H,24,26)/t20-,21-,23+/m0/s1. The number of nitrogens with zero attached hydrogens (tertiary/aromatic N) is 1. The number of hydrogen-bond acceptors (Lipinski definition) is 4. The Kier molecular flexibility index (Phi) is 6.43. The quantitative estimate of drug-likeness (QED) is 0.760. The Bertz CT molecular complexity index is 633. The first-order valence-corrected chi connectivity index (χ1v) is 12.2. The molecule has 156 valence electrons. The van der Waals surface area contributed by atoms with E-state index in [0.29, 0.717) is 0 Å². The molecule has 2 N–H and O–H groups in total. The molecule has 4 nitrogen and oxygen atoms in total. The van der Waals surface area contributed by atoms with Gasteiger partial charge in [0.05, 0.1) is 17.7 Å². The topological polar surface area (TPSA) is 52.6 Å². The summed E-state index contributed by atoms with van der Waals surface area (Å²) in [6.07, 6.45) is 11.7. The van der Waals surface area contributed by atoms with Gasteiger partial charge in [-0.25, -0.2) is 0 Å². The first-order valence-electron chi connectivity index (χ1n) is 11.3. The third-order valence-electron chi connectivity index (χ3n) is 7.36. The van der Waals surface area contributed by atoms with Crippen molar-refractivity contribution in [3.8, 4) is 0 Å². The van der Waals surface area contributed by atoms with Crippen LogP contribution in [0, 0.1) is 11.8 Å². The van der Waals surface area contributed by atoms with E-state index in [2.05, 4.69) is 27.7 Å². The highest BCUT2D eigenvalue weighted by atomic mass is 32.1. The molecule has 0 unspecified atom stereocenters. The first kappa shape index (κ1) is 20.4. The summed E-state index contributed by atoms with van der Waals surface area (Å²) in [5, 5.41) is 16.7. The molecule has 0 aromatic carbocycles. The minimum atomic E-state index is -0.869. The number of aliphatic hydroxyl groups is 1. The van der Waals surface area contributed by atoms with Crippen molar-refractivity contribution in [3.63, 3.8) is 0 Å². The molecule has 3 aliphatic rings. The van der Waals surface area contributed by atoms with Crippen LogP contribution in [0.25, 0.3) is 0 Å². The summed E-state index contributed by atoms with van der Waals surface area (Å²) >= 11 is 1.75. The zero-order valence-corrected chi connectivity index (χ0v) is 18.1. The number of amides is 1. The van der Waals surface area contributed by atoms with Gasteiger partial charge in [0.25, 0.3) is 0 Å². The van der Waals surface area contributed by atoms with Gasteiger partial charge < -0.3 is 10.4 Å². The van der Waals surface area contributed by atoms with Crippen molar-refractivity contribution in [1.82, 2.24) is 10.2 Å². The summed E-state index contributed by atoms with van der Waals surface area (Å²) in [5.41, 5.74) is -0.869. The Hall–Kier alpha value is -0.910. The second-order valence-electron chi connectivity index (χ2n) is 9.53. The van der Waals surface area contributed by atoms with E-state index in [1.165, 1.54) is 37.0 Å². The SMILES string of the molecule is C[C@@]1(O)CCN(CC2CCCCC2)[C@@H](c2cccs2)[C@@H]1NC(=O)C1CCCC1. The average Bonchev–Trinajstić information content (AvgIpc) is 3.39. The number of likely N-dealkylation sites (tertiary alicyclic amines) is 1. The van der Waals surface area contributed by atoms with Crippen molar-refractivity contribution in [1.29, 1.82) is 0 Å². The van der Waals surface area contributed by atoms with Gasteiger partial charge in [0.15, 0.2) is 0 Å². The summed E-state index contributed by atoms with van der Waals surface area (Å²) < 4.78 is 0. The highest BCUT2D eigenvalue weighted by Gasteiger charge is 2.47. The minimum absolute atomic E-state index is 0.0797. The Labute approximate surface area is 173 Å². The Morgan fingerprint density at radius 2 is 1.93 bits per heavy atom. The molecule has 2 heterocycles. The maximum atomic E-state index is 13.0. The predicted molar refractivity (Wildman–Crippen MR) is 114 cm³/mol. The zero-order valence-electron chi connectivity index (χ0n) is 17.2. The van der Waals surface area contributed by atoms with E-state index in [1.54, 1.807) is 11.3 Å². The van der Waals surface area contributed by atoms with Crippen LogP contribution in [0.2, 0.25) is 0 Å². The second kappa shape index (κ2) is 8.85. The number of nitrogens with one attached hydrogen (secondary N) is 1. The van der Waals surface area contributed by atoms with E-state index in [4.69, 9.17) is 0 Å². The van der Waals surface area contributed by atoms with Crippen LogP contribution in [0.4, 0.5) is 0 Å². The lowest BCUT2D eigenvalue weighted by Gasteiger charge is -2.50. The molecule has 1 amide bonds. The van der Waals surface area contributed by atoms with Gasteiger partial charge >= 0.3 is 0 Å². The van der Waals surface area contributed by atoms with Crippen molar-refractivity contribution in [2.75, 3.05) is 13.1 Å². The van der Waals surface area contributed by atoms with E-state index in [0.717, 1.165) is 51.1 Å². The van der Waals surface area contributed by atoms with Gasteiger partial charge in [-0.05, 0) is 56.4 Å². The van der Waals surface area contributed by atoms with Crippen molar-refractivity contribution < 1.29 is 9.90 Å². The molecule has 3 atom stereocenters. The zero-order chi connectivity index (χ0) is 19.6. The Morgan fingerprint density at radius 1 is 1.21 bits per heavy atom. The lowest BCUT2D eigenvalue weighted by Crippen LogP contribution is -2.63. The van der Waals surface area contributed by atoms with E-state index in [1.807, 2.05) is 6.92 Å². The fraction of sp³-hybridized carbons (Fsp3) is 0.783. The van der Waals surface area contributed by atoms with E-state index in [-0.39, 0.29) is 23.9 Å². The van der Waals surface area contributed by atoms with Crippen LogP contribution in [0.5, 0.6) is 0 Å². The highest BCUT2D eigenvalue weighted by molar-refractivity contribution is 7.10. The van der Waals surface area contributed by atoms with Crippen LogP contribution in [0.1, 0.15) is 82.1 Å². The molecule has 3 fully saturated rings. The normalized spacial score (nSPS) is 33.2. The molecule has 1 aromatic rings. The van der Waals surface area contributed by atoms with Crippen LogP contribution >= 0.6 is 11.3 Å². The molecule has 0 radical (unpaired) electrons. The fourth-order valence-corrected chi connectivity index (χ4v) is 6.51. The van der Waals surface area contributed by atoms with Gasteiger partial charge in [-0.3, -0.25) is 9.69 Å². The number of carbonyl (C=O) groups excluding carboxylic acids is 1. The van der Waals surface area contributed by atoms with Crippen LogP contribution < -0.4 is 5.32 Å². The van der Waals surface area contributed by atoms with Gasteiger partial charge in [-0.1, -0.05) is 38.2 Å². The molecule has 28 heavy (non-hydrogen) atoms. The van der Waals surface area contributed by atoms with E-state index in [9.17, 15) is 9.90 Å². The highest BCUT2D eigenvalue weighted by Crippen LogP contribution is 2.40. The number of thiophene rings is 1. The summed E-state index contributed by atoms with van der Waals surface area (Å²) in [7, 11) is 0. The maximum absolute atomic E-state index is 13.0. The van der Waals surface area contributed by atoms with Crippen molar-refractivity contribution >= 4 is 17.2 Å². The van der Waals surface area contributed by atoms with Gasteiger partial charge in [0.1, 0.15) is 0 Å². The molecule has 1 aromatic heterocycles. The van der Waals surface area contributed by atoms with Crippen molar-refractivity contribution in [2.24, 2.45) is 11.8 Å². The predicted octanol–water partition coefficient (Wildman–Crippen LogP) is 4.50. The third kappa shape index (κ3) is 4.47. The van der Waals surface area contributed by atoms with Crippen molar-refractivity contribution in [2.45, 2.75) is 88.8 Å². The first-order chi connectivity index (χ1) is 13.5. The van der Waals surface area contributed by atoms with Crippen LogP contribution in [0.3, 0.4) is 0 Å². The van der Waals surface area contributed by atoms with Gasteiger partial charge in [-0.2, -0.15) is 0 Å². The van der Waals surface area contributed by atoms with Crippen molar-refractivity contribution in [3.05, 3.63) is 22.4 Å². The minimum Gasteiger partial charge on any atom is -0.388 e. The molecule has 4 rings (SSSR count). The number of piperidine rings is 1. The third-order valence-corrected chi connectivity index (χ3v) is 8.30. The average molecular weight is 405 g/mol. The Balaban J connectivity index is 1.56. The molecular formula is C23H36N2O2S. The van der Waals surface area contributed by atoms with Crippen LogP contribution in [-0.4, -0.2) is 40.6 Å². The molecular weight excluding hydrogens is 368 g/mol. The Morgan fingerprint density at radius 3 is 2.61 bits per heavy atom. The number of carbonyl (C=O) groups is 1. The summed E-state index contributed by atoms with van der Waals surface area (Å²) in [6.45, 7) is 3.92. The largest absolute Gasteiger partial charge is 0.388 e. The lowest BCUT2D eigenvalue weighted by molar-refractivity contribution is -0.132. The summed E-state index contributed by atoms with van der Waals surface area (Å²) in [5.74, 6) is 1.04. The second-order valence-corrected chi connectivity index (χ2v) is 10.5. The van der Waals surface area contributed by atoms with Crippen LogP contribution in [-0.2, 0) is 4.79 Å². The molecule has 2 aliphatic carbocycles. The smallest absolute Gasteiger partial charge is 0.223 e. The van der Waals surface area contributed by atoms with E-state index >= 15 is 0 Å². The van der Waals surface area contributed by atoms with E-state index < -0.39 is 5.60 Å². The molecule has 5 heteroatoms. The fourth-order valence-electron chi connectivity index (χ4n) is 5.62. The van der Waals surface area contributed by atoms with Gasteiger partial charge in [0.2, 0.25) is 5.91 Å². The number of hydrogen-bond donors (Lipinski definition) is 2.